The number of carboxylic acids is 1. The number of hydrogen-bond donors (Lipinski definition) is 2. The third-order valence-electron chi connectivity index (χ3n) is 2.94. The molecule has 0 bridgehead atoms. The topological polar surface area (TPSA) is 105 Å². The molecule has 1 fully saturated rings. The van der Waals surface area contributed by atoms with Gasteiger partial charge in [-0.15, -0.1) is 0 Å². The molecule has 0 aromatic carbocycles. The Morgan fingerprint density at radius 3 is 2.47 bits per heavy atom. The molecule has 108 valence electrons. The van der Waals surface area contributed by atoms with Crippen molar-refractivity contribution in [2.75, 3.05) is 27.3 Å². The summed E-state index contributed by atoms with van der Waals surface area (Å²) in [6.45, 7) is 0.580. The number of hydrogen-bond acceptors (Lipinski definition) is 5. The third-order valence-corrected chi connectivity index (χ3v) is 2.94. The van der Waals surface area contributed by atoms with E-state index in [-0.39, 0.29) is 24.9 Å². The third kappa shape index (κ3) is 4.65. The van der Waals surface area contributed by atoms with Gasteiger partial charge in [-0.1, -0.05) is 0 Å². The smallest absolute Gasteiger partial charge is 0.409 e. The molecular formula is C11H18N2O6. The van der Waals surface area contributed by atoms with Crippen LogP contribution in [0.15, 0.2) is 0 Å². The first-order valence-electron chi connectivity index (χ1n) is 5.85. The van der Waals surface area contributed by atoms with Crippen molar-refractivity contribution in [3.8, 4) is 0 Å². The van der Waals surface area contributed by atoms with Gasteiger partial charge in [0.15, 0.2) is 0 Å². The van der Waals surface area contributed by atoms with Crippen LogP contribution in [-0.2, 0) is 14.3 Å². The van der Waals surface area contributed by atoms with E-state index in [1.165, 1.54) is 19.1 Å². The number of nitrogens with one attached hydrogen (secondary N) is 1. The van der Waals surface area contributed by atoms with Gasteiger partial charge in [0.25, 0.3) is 0 Å². The first-order valence-corrected chi connectivity index (χ1v) is 5.85. The Hall–Kier alpha value is -1.99. The summed E-state index contributed by atoms with van der Waals surface area (Å²) >= 11 is 0. The molecule has 1 heterocycles. The fraction of sp³-hybridized carbons (Fsp3) is 0.727. The number of alkyl carbamates (subject to hydrolysis) is 1. The molecule has 2 N–H and O–H groups in total. The molecule has 1 aliphatic heterocycles. The number of methoxy groups -OCH3 is 2. The SMILES string of the molecule is COC(=O)NC1CC(CC(=O)O)CN(C(=O)OC)C1. The summed E-state index contributed by atoms with van der Waals surface area (Å²) in [5, 5.41) is 11.4. The highest BCUT2D eigenvalue weighted by Crippen LogP contribution is 2.20. The minimum absolute atomic E-state index is 0.0627. The van der Waals surface area contributed by atoms with Crippen LogP contribution in [0.4, 0.5) is 9.59 Å². The van der Waals surface area contributed by atoms with Gasteiger partial charge in [-0.3, -0.25) is 4.79 Å². The normalized spacial score (nSPS) is 22.5. The lowest BCUT2D eigenvalue weighted by atomic mass is 9.92. The first kappa shape index (κ1) is 15.1. The zero-order valence-corrected chi connectivity index (χ0v) is 10.9. The van der Waals surface area contributed by atoms with E-state index in [2.05, 4.69) is 14.8 Å². The molecule has 2 atom stereocenters. The standard InChI is InChI=1S/C11H18N2O6/c1-18-10(16)12-8-3-7(4-9(14)15)5-13(6-8)11(17)19-2/h7-8H,3-6H2,1-2H3,(H,12,16)(H,14,15). The molecule has 0 radical (unpaired) electrons. The molecule has 0 aliphatic carbocycles. The van der Waals surface area contributed by atoms with Crippen LogP contribution in [0.5, 0.6) is 0 Å². The molecule has 0 saturated carbocycles. The van der Waals surface area contributed by atoms with Gasteiger partial charge in [0, 0.05) is 19.5 Å². The number of aliphatic carboxylic acids is 1. The van der Waals surface area contributed by atoms with Crippen LogP contribution in [0.3, 0.4) is 0 Å². The average Bonchev–Trinajstić information content (AvgIpc) is 2.36. The van der Waals surface area contributed by atoms with Crippen LogP contribution in [-0.4, -0.2) is 61.5 Å². The quantitative estimate of drug-likeness (QED) is 0.765. The van der Waals surface area contributed by atoms with Crippen molar-refractivity contribution >= 4 is 18.2 Å². The van der Waals surface area contributed by atoms with E-state index in [0.717, 1.165) is 0 Å². The van der Waals surface area contributed by atoms with Crippen molar-refractivity contribution in [1.29, 1.82) is 0 Å². The van der Waals surface area contributed by atoms with Gasteiger partial charge >= 0.3 is 18.2 Å². The maximum atomic E-state index is 11.5. The Kier molecular flexibility index (Phi) is 5.40. The maximum absolute atomic E-state index is 11.5. The molecule has 2 amide bonds. The highest BCUT2D eigenvalue weighted by Gasteiger charge is 2.32. The number of rotatable bonds is 3. The monoisotopic (exact) mass is 274 g/mol. The van der Waals surface area contributed by atoms with E-state index >= 15 is 0 Å². The number of ether oxygens (including phenoxy) is 2. The number of nitrogens with zero attached hydrogens (tertiary/aromatic N) is 1. The van der Waals surface area contributed by atoms with Crippen LogP contribution in [0.2, 0.25) is 0 Å². The molecule has 19 heavy (non-hydrogen) atoms. The zero-order valence-electron chi connectivity index (χ0n) is 10.9. The molecule has 8 heteroatoms. The van der Waals surface area contributed by atoms with Crippen LogP contribution < -0.4 is 5.32 Å². The second-order valence-corrected chi connectivity index (χ2v) is 4.41. The van der Waals surface area contributed by atoms with Gasteiger partial charge in [0.1, 0.15) is 0 Å². The molecule has 0 spiro atoms. The largest absolute Gasteiger partial charge is 0.481 e. The molecule has 1 saturated heterocycles. The van der Waals surface area contributed by atoms with E-state index in [9.17, 15) is 14.4 Å². The van der Waals surface area contributed by atoms with Crippen LogP contribution in [0, 0.1) is 5.92 Å². The van der Waals surface area contributed by atoms with Crippen LogP contribution in [0.25, 0.3) is 0 Å². The van der Waals surface area contributed by atoms with Crippen LogP contribution in [0.1, 0.15) is 12.8 Å². The van der Waals surface area contributed by atoms with Gasteiger partial charge < -0.3 is 24.8 Å². The van der Waals surface area contributed by atoms with Crippen molar-refractivity contribution in [2.45, 2.75) is 18.9 Å². The molecule has 1 aliphatic rings. The maximum Gasteiger partial charge on any atom is 0.409 e. The molecular weight excluding hydrogens is 256 g/mol. The van der Waals surface area contributed by atoms with E-state index in [4.69, 9.17) is 5.11 Å². The summed E-state index contributed by atoms with van der Waals surface area (Å²) in [5.41, 5.74) is 0. The molecule has 2 unspecified atom stereocenters. The fourth-order valence-corrected chi connectivity index (χ4v) is 2.21. The highest BCUT2D eigenvalue weighted by molar-refractivity contribution is 5.70. The molecule has 8 nitrogen and oxygen atoms in total. The lowest BCUT2D eigenvalue weighted by Gasteiger charge is -2.36. The summed E-state index contributed by atoms with van der Waals surface area (Å²) in [6.07, 6.45) is -0.723. The Labute approximate surface area is 110 Å². The molecule has 0 aromatic rings. The Morgan fingerprint density at radius 1 is 1.26 bits per heavy atom. The molecule has 0 aromatic heterocycles. The minimum atomic E-state index is -0.937. The predicted octanol–water partition coefficient (Wildman–Crippen LogP) is 0.274. The van der Waals surface area contributed by atoms with E-state index in [0.29, 0.717) is 13.0 Å². The predicted molar refractivity (Wildman–Crippen MR) is 63.7 cm³/mol. The lowest BCUT2D eigenvalue weighted by Crippen LogP contribution is -2.52. The van der Waals surface area contributed by atoms with Crippen molar-refractivity contribution in [1.82, 2.24) is 10.2 Å². The summed E-state index contributed by atoms with van der Waals surface area (Å²) < 4.78 is 9.11. The van der Waals surface area contributed by atoms with Gasteiger partial charge in [-0.2, -0.15) is 0 Å². The number of carbonyl (C=O) groups is 3. The number of amides is 2. The lowest BCUT2D eigenvalue weighted by molar-refractivity contribution is -0.138. The van der Waals surface area contributed by atoms with Gasteiger partial charge in [0.05, 0.1) is 20.3 Å². The van der Waals surface area contributed by atoms with Crippen molar-refractivity contribution in [2.24, 2.45) is 5.92 Å². The Bertz CT molecular complexity index is 359. The summed E-state index contributed by atoms with van der Waals surface area (Å²) in [4.78, 5) is 34.8. The number of carbonyl (C=O) groups excluding carboxylic acids is 2. The Morgan fingerprint density at radius 2 is 1.95 bits per heavy atom. The van der Waals surface area contributed by atoms with Crippen molar-refractivity contribution < 1.29 is 29.0 Å². The number of likely N-dealkylation sites (tertiary alicyclic amines) is 1. The van der Waals surface area contributed by atoms with Crippen molar-refractivity contribution in [3.05, 3.63) is 0 Å². The highest BCUT2D eigenvalue weighted by atomic mass is 16.5. The average molecular weight is 274 g/mol. The summed E-state index contributed by atoms with van der Waals surface area (Å²) in [6, 6.07) is -0.343. The minimum Gasteiger partial charge on any atom is -0.481 e. The van der Waals surface area contributed by atoms with Crippen LogP contribution >= 0.6 is 0 Å². The van der Waals surface area contributed by atoms with E-state index in [1.54, 1.807) is 0 Å². The number of carboxylic acid groups (broad SMARTS) is 1. The van der Waals surface area contributed by atoms with Gasteiger partial charge in [0.2, 0.25) is 0 Å². The van der Waals surface area contributed by atoms with E-state index < -0.39 is 18.2 Å². The number of piperidine rings is 1. The second-order valence-electron chi connectivity index (χ2n) is 4.41. The first-order chi connectivity index (χ1) is 8.96. The molecule has 1 rings (SSSR count). The summed E-state index contributed by atoms with van der Waals surface area (Å²) in [5.74, 6) is -1.17. The van der Waals surface area contributed by atoms with Gasteiger partial charge in [-0.25, -0.2) is 9.59 Å². The Balaban J connectivity index is 2.68. The second kappa shape index (κ2) is 6.81. The van der Waals surface area contributed by atoms with Crippen molar-refractivity contribution in [3.63, 3.8) is 0 Å². The summed E-state index contributed by atoms with van der Waals surface area (Å²) in [7, 11) is 2.50. The van der Waals surface area contributed by atoms with Gasteiger partial charge in [-0.05, 0) is 12.3 Å². The zero-order chi connectivity index (χ0) is 14.4. The van der Waals surface area contributed by atoms with E-state index in [1.807, 2.05) is 0 Å². The fourth-order valence-electron chi connectivity index (χ4n) is 2.21.